The van der Waals surface area contributed by atoms with Crippen LogP contribution in [-0.4, -0.2) is 9.97 Å². The molecule has 11 aromatic rings. The van der Waals surface area contributed by atoms with E-state index in [9.17, 15) is 0 Å². The molecule has 0 spiro atoms. The Balaban J connectivity index is 0.923. The predicted octanol–water partition coefficient (Wildman–Crippen LogP) is 17.8. The molecule has 2 nitrogen and oxygen atoms in total. The van der Waals surface area contributed by atoms with Gasteiger partial charge in [0.15, 0.2) is 5.82 Å². The molecule has 1 aromatic heterocycles. The van der Waals surface area contributed by atoms with E-state index in [2.05, 4.69) is 244 Å². The molecule has 0 fully saturated rings. The summed E-state index contributed by atoms with van der Waals surface area (Å²) < 4.78 is 0. The third-order valence-corrected chi connectivity index (χ3v) is 14.0. The van der Waals surface area contributed by atoms with Gasteiger partial charge in [0.1, 0.15) is 0 Å². The molecule has 0 unspecified atom stereocenters. The summed E-state index contributed by atoms with van der Waals surface area (Å²) in [7, 11) is 0. The molecule has 0 saturated carbocycles. The summed E-state index contributed by atoms with van der Waals surface area (Å²) in [6.07, 6.45) is 0. The molecule has 2 heteroatoms. The van der Waals surface area contributed by atoms with Crippen LogP contribution in [0.3, 0.4) is 0 Å². The second-order valence-electron chi connectivity index (χ2n) is 18.5. The van der Waals surface area contributed by atoms with Crippen LogP contribution in [0.4, 0.5) is 0 Å². The zero-order chi connectivity index (χ0) is 46.3. The Kier molecular flexibility index (Phi) is 10.6. The second kappa shape index (κ2) is 17.5. The van der Waals surface area contributed by atoms with Crippen molar-refractivity contribution in [1.82, 2.24) is 9.97 Å². The SMILES string of the molecule is CC1(C)c2ccccc2-c2cc(-c3cc(-c4ccccc4)cc(-c4ccc(-c5ccc(-c6cc(-c7ccc(-c8ccccc8)cc7)nc(-c7ccccc7)n6)cc5)cc4)c3-c3ccccc3)ccc21. The van der Waals surface area contributed by atoms with Gasteiger partial charge in [0.2, 0.25) is 0 Å². The first-order valence-electron chi connectivity index (χ1n) is 23.8. The van der Waals surface area contributed by atoms with Gasteiger partial charge in [-0.1, -0.05) is 244 Å². The van der Waals surface area contributed by atoms with Gasteiger partial charge in [-0.05, 0) is 113 Å². The molecular formula is C67H48N2. The van der Waals surface area contributed by atoms with Gasteiger partial charge in [0.05, 0.1) is 11.4 Å². The Morgan fingerprint density at radius 2 is 0.609 bits per heavy atom. The van der Waals surface area contributed by atoms with Crippen LogP contribution in [0, 0.1) is 0 Å². The number of aromatic nitrogens is 2. The van der Waals surface area contributed by atoms with E-state index in [-0.39, 0.29) is 5.41 Å². The van der Waals surface area contributed by atoms with Crippen molar-refractivity contribution < 1.29 is 0 Å². The Morgan fingerprint density at radius 1 is 0.246 bits per heavy atom. The van der Waals surface area contributed by atoms with Crippen molar-refractivity contribution >= 4 is 0 Å². The summed E-state index contributed by atoms with van der Waals surface area (Å²) >= 11 is 0. The van der Waals surface area contributed by atoms with Gasteiger partial charge in [-0.2, -0.15) is 0 Å². The highest BCUT2D eigenvalue weighted by atomic mass is 14.9. The van der Waals surface area contributed by atoms with Gasteiger partial charge in [0, 0.05) is 22.1 Å². The minimum atomic E-state index is -0.0617. The Bertz CT molecular complexity index is 3620. The van der Waals surface area contributed by atoms with E-state index in [1.165, 1.54) is 77.9 Å². The average Bonchev–Trinajstić information content (AvgIpc) is 3.66. The molecule has 326 valence electrons. The number of nitrogens with zero attached hydrogens (tertiary/aromatic N) is 2. The molecule has 0 aliphatic heterocycles. The molecule has 69 heavy (non-hydrogen) atoms. The van der Waals surface area contributed by atoms with Crippen molar-refractivity contribution in [3.8, 4) is 112 Å². The second-order valence-corrected chi connectivity index (χ2v) is 18.5. The Morgan fingerprint density at radius 3 is 1.14 bits per heavy atom. The number of rotatable bonds is 9. The smallest absolute Gasteiger partial charge is 0.160 e. The van der Waals surface area contributed by atoms with Crippen molar-refractivity contribution in [3.05, 3.63) is 266 Å². The van der Waals surface area contributed by atoms with E-state index in [1.807, 2.05) is 24.3 Å². The van der Waals surface area contributed by atoms with Crippen LogP contribution in [-0.2, 0) is 5.41 Å². The average molecular weight is 881 g/mol. The summed E-state index contributed by atoms with van der Waals surface area (Å²) in [6.45, 7) is 4.70. The van der Waals surface area contributed by atoms with Crippen molar-refractivity contribution in [3.63, 3.8) is 0 Å². The van der Waals surface area contributed by atoms with Crippen molar-refractivity contribution in [2.75, 3.05) is 0 Å². The Hall–Kier alpha value is -8.72. The summed E-state index contributed by atoms with van der Waals surface area (Å²) in [5.41, 5.74) is 24.4. The lowest BCUT2D eigenvalue weighted by molar-refractivity contribution is 0.660. The van der Waals surface area contributed by atoms with Crippen LogP contribution in [0.1, 0.15) is 25.0 Å². The minimum absolute atomic E-state index is 0.0617. The van der Waals surface area contributed by atoms with Crippen molar-refractivity contribution in [2.45, 2.75) is 19.3 Å². The number of hydrogen-bond acceptors (Lipinski definition) is 2. The largest absolute Gasteiger partial charge is 0.228 e. The highest BCUT2D eigenvalue weighted by molar-refractivity contribution is 5.99. The van der Waals surface area contributed by atoms with Crippen LogP contribution in [0.2, 0.25) is 0 Å². The summed E-state index contributed by atoms with van der Waals surface area (Å²) in [4.78, 5) is 10.2. The summed E-state index contributed by atoms with van der Waals surface area (Å²) in [6, 6.07) is 91.9. The molecule has 0 bridgehead atoms. The topological polar surface area (TPSA) is 25.8 Å². The van der Waals surface area contributed by atoms with Crippen LogP contribution in [0.5, 0.6) is 0 Å². The van der Waals surface area contributed by atoms with Gasteiger partial charge in [-0.15, -0.1) is 0 Å². The molecule has 12 rings (SSSR count). The molecule has 1 heterocycles. The highest BCUT2D eigenvalue weighted by Crippen LogP contribution is 2.51. The molecular weight excluding hydrogens is 833 g/mol. The molecule has 0 atom stereocenters. The van der Waals surface area contributed by atoms with E-state index < -0.39 is 0 Å². The number of fused-ring (bicyclic) bond motifs is 3. The van der Waals surface area contributed by atoms with Crippen molar-refractivity contribution in [2.24, 2.45) is 0 Å². The predicted molar refractivity (Wildman–Crippen MR) is 289 cm³/mol. The van der Waals surface area contributed by atoms with Gasteiger partial charge in [-0.25, -0.2) is 9.97 Å². The van der Waals surface area contributed by atoms with E-state index in [0.717, 1.165) is 39.2 Å². The van der Waals surface area contributed by atoms with Crippen LogP contribution in [0.25, 0.3) is 112 Å². The lowest BCUT2D eigenvalue weighted by Gasteiger charge is -2.22. The third kappa shape index (κ3) is 7.86. The molecule has 0 amide bonds. The lowest BCUT2D eigenvalue weighted by atomic mass is 9.81. The fourth-order valence-corrected chi connectivity index (χ4v) is 10.3. The van der Waals surface area contributed by atoms with E-state index >= 15 is 0 Å². The quantitative estimate of drug-likeness (QED) is 0.144. The fourth-order valence-electron chi connectivity index (χ4n) is 10.3. The van der Waals surface area contributed by atoms with Crippen LogP contribution >= 0.6 is 0 Å². The van der Waals surface area contributed by atoms with E-state index in [1.54, 1.807) is 0 Å². The first-order chi connectivity index (χ1) is 33.9. The zero-order valence-corrected chi connectivity index (χ0v) is 38.6. The Labute approximate surface area is 405 Å². The maximum atomic E-state index is 5.13. The summed E-state index contributed by atoms with van der Waals surface area (Å²) in [5.74, 6) is 0.703. The maximum absolute atomic E-state index is 5.13. The third-order valence-electron chi connectivity index (χ3n) is 14.0. The van der Waals surface area contributed by atoms with Crippen molar-refractivity contribution in [1.29, 1.82) is 0 Å². The normalized spacial score (nSPS) is 12.3. The van der Waals surface area contributed by atoms with Gasteiger partial charge in [0.25, 0.3) is 0 Å². The highest BCUT2D eigenvalue weighted by Gasteiger charge is 2.35. The van der Waals surface area contributed by atoms with Gasteiger partial charge >= 0.3 is 0 Å². The van der Waals surface area contributed by atoms with Crippen LogP contribution in [0.15, 0.2) is 255 Å². The van der Waals surface area contributed by atoms with Crippen LogP contribution < -0.4 is 0 Å². The van der Waals surface area contributed by atoms with E-state index in [4.69, 9.17) is 9.97 Å². The summed E-state index contributed by atoms with van der Waals surface area (Å²) in [5, 5.41) is 0. The number of hydrogen-bond donors (Lipinski definition) is 0. The fraction of sp³-hybridized carbons (Fsp3) is 0.0448. The first kappa shape index (κ1) is 41.7. The minimum Gasteiger partial charge on any atom is -0.228 e. The molecule has 1 aliphatic rings. The molecule has 10 aromatic carbocycles. The lowest BCUT2D eigenvalue weighted by Crippen LogP contribution is -2.14. The first-order valence-corrected chi connectivity index (χ1v) is 23.8. The zero-order valence-electron chi connectivity index (χ0n) is 38.6. The number of benzene rings is 10. The van der Waals surface area contributed by atoms with E-state index in [0.29, 0.717) is 5.82 Å². The maximum Gasteiger partial charge on any atom is 0.160 e. The molecule has 0 N–H and O–H groups in total. The van der Waals surface area contributed by atoms with Gasteiger partial charge in [-0.3, -0.25) is 0 Å². The monoisotopic (exact) mass is 880 g/mol. The molecule has 0 radical (unpaired) electrons. The molecule has 0 saturated heterocycles. The molecule has 1 aliphatic carbocycles. The standard InChI is InChI=1S/C67H48N2/c1-67(2)61-26-16-15-25-57(61)60-41-55(39-40-62(60)67)59-43-56(46-19-9-4-10-20-46)42-58(65(59)53-21-11-5-12-22-53)50-33-27-48(28-34-50)49-31-37-52(38-32-49)64-44-63(68-66(69-64)54-23-13-6-14-24-54)51-35-29-47(30-36-51)45-17-7-3-8-18-45/h3-44H,1-2H3. The van der Waals surface area contributed by atoms with Gasteiger partial charge < -0.3 is 0 Å².